The average molecular weight is 286 g/mol. The highest BCUT2D eigenvalue weighted by Gasteiger charge is 2.14. The fourth-order valence-corrected chi connectivity index (χ4v) is 1.98. The molecule has 21 heavy (non-hydrogen) atoms. The number of nitrogens with one attached hydrogen (secondary N) is 2. The molecule has 0 bridgehead atoms. The number of benzene rings is 2. The van der Waals surface area contributed by atoms with Crippen molar-refractivity contribution in [3.05, 3.63) is 59.4 Å². The molecule has 110 valence electrons. The van der Waals surface area contributed by atoms with Crippen molar-refractivity contribution in [2.24, 2.45) is 0 Å². The lowest BCUT2D eigenvalue weighted by atomic mass is 10.1. The molecule has 4 heteroatoms. The van der Waals surface area contributed by atoms with Crippen LogP contribution in [-0.4, -0.2) is 12.5 Å². The van der Waals surface area contributed by atoms with E-state index in [4.69, 9.17) is 0 Å². The first-order chi connectivity index (χ1) is 10.1. The van der Waals surface area contributed by atoms with Crippen molar-refractivity contribution >= 4 is 17.3 Å². The molecule has 2 aromatic rings. The first-order valence-electron chi connectivity index (χ1n) is 7.02. The maximum absolute atomic E-state index is 13.9. The number of halogens is 1. The molecule has 0 unspecified atom stereocenters. The second kappa shape index (κ2) is 6.88. The lowest BCUT2D eigenvalue weighted by molar-refractivity contribution is 0.102. The third-order valence-electron chi connectivity index (χ3n) is 3.12. The second-order valence-electron chi connectivity index (χ2n) is 4.91. The van der Waals surface area contributed by atoms with Crippen molar-refractivity contribution in [2.75, 3.05) is 17.2 Å². The van der Waals surface area contributed by atoms with Gasteiger partial charge in [0.25, 0.3) is 5.91 Å². The van der Waals surface area contributed by atoms with Crippen LogP contribution >= 0.6 is 0 Å². The van der Waals surface area contributed by atoms with Gasteiger partial charge in [0.1, 0.15) is 5.82 Å². The van der Waals surface area contributed by atoms with E-state index in [0.29, 0.717) is 17.8 Å². The van der Waals surface area contributed by atoms with Gasteiger partial charge in [0, 0.05) is 12.2 Å². The van der Waals surface area contributed by atoms with Gasteiger partial charge in [-0.1, -0.05) is 30.7 Å². The summed E-state index contributed by atoms with van der Waals surface area (Å²) in [6.45, 7) is 4.58. The molecule has 0 heterocycles. The second-order valence-corrected chi connectivity index (χ2v) is 4.91. The third-order valence-corrected chi connectivity index (χ3v) is 3.12. The molecule has 1 amide bonds. The number of carbonyl (C=O) groups is 1. The highest BCUT2D eigenvalue weighted by Crippen LogP contribution is 2.21. The van der Waals surface area contributed by atoms with Crippen LogP contribution in [0.15, 0.2) is 42.5 Å². The Labute approximate surface area is 124 Å². The maximum Gasteiger partial charge on any atom is 0.257 e. The van der Waals surface area contributed by atoms with E-state index in [-0.39, 0.29) is 11.6 Å². The summed E-state index contributed by atoms with van der Waals surface area (Å²) in [4.78, 5) is 12.3. The van der Waals surface area contributed by atoms with E-state index in [1.165, 1.54) is 12.1 Å². The summed E-state index contributed by atoms with van der Waals surface area (Å²) in [6, 6.07) is 12.0. The smallest absolute Gasteiger partial charge is 0.257 e. The number of para-hydroxylation sites is 1. The minimum atomic E-state index is -0.417. The highest BCUT2D eigenvalue weighted by atomic mass is 19.1. The summed E-state index contributed by atoms with van der Waals surface area (Å²) < 4.78 is 13.9. The van der Waals surface area contributed by atoms with E-state index in [9.17, 15) is 9.18 Å². The van der Waals surface area contributed by atoms with Gasteiger partial charge in [-0.25, -0.2) is 4.39 Å². The molecule has 0 spiro atoms. The van der Waals surface area contributed by atoms with Crippen LogP contribution in [-0.2, 0) is 0 Å². The van der Waals surface area contributed by atoms with E-state index in [2.05, 4.69) is 10.6 Å². The van der Waals surface area contributed by atoms with E-state index >= 15 is 0 Å². The lowest BCUT2D eigenvalue weighted by Gasteiger charge is -2.12. The zero-order valence-electron chi connectivity index (χ0n) is 12.2. The summed E-state index contributed by atoms with van der Waals surface area (Å²) in [5, 5.41) is 5.76. The van der Waals surface area contributed by atoms with Crippen LogP contribution in [0, 0.1) is 12.7 Å². The summed E-state index contributed by atoms with van der Waals surface area (Å²) in [7, 11) is 0. The normalized spacial score (nSPS) is 10.2. The molecule has 0 atom stereocenters. The molecule has 0 saturated carbocycles. The Morgan fingerprint density at radius 2 is 1.86 bits per heavy atom. The van der Waals surface area contributed by atoms with Gasteiger partial charge >= 0.3 is 0 Å². The molecule has 0 aromatic heterocycles. The van der Waals surface area contributed by atoms with Crippen LogP contribution in [0.2, 0.25) is 0 Å². The first-order valence-corrected chi connectivity index (χ1v) is 7.02. The molecule has 3 nitrogen and oxygen atoms in total. The lowest BCUT2D eigenvalue weighted by Crippen LogP contribution is -2.16. The molecular weight excluding hydrogens is 267 g/mol. The zero-order valence-corrected chi connectivity index (χ0v) is 12.2. The molecule has 0 fully saturated rings. The van der Waals surface area contributed by atoms with Crippen LogP contribution in [0.1, 0.15) is 29.3 Å². The quantitative estimate of drug-likeness (QED) is 0.864. The molecule has 2 rings (SSSR count). The Balaban J connectivity index is 2.22. The summed E-state index contributed by atoms with van der Waals surface area (Å²) >= 11 is 0. The SMILES string of the molecule is CCCNc1c(F)cccc1C(=O)Nc1ccc(C)cc1. The minimum absolute atomic E-state index is 0.254. The van der Waals surface area contributed by atoms with Crippen molar-refractivity contribution in [3.63, 3.8) is 0 Å². The molecule has 2 N–H and O–H groups in total. The molecule has 0 saturated heterocycles. The monoisotopic (exact) mass is 286 g/mol. The standard InChI is InChI=1S/C17H19FN2O/c1-3-11-19-16-14(5-4-6-15(16)18)17(21)20-13-9-7-12(2)8-10-13/h4-10,19H,3,11H2,1-2H3,(H,20,21). The average Bonchev–Trinajstić information content (AvgIpc) is 2.48. The van der Waals surface area contributed by atoms with E-state index in [1.807, 2.05) is 38.1 Å². The first kappa shape index (κ1) is 15.0. The molecular formula is C17H19FN2O. The minimum Gasteiger partial charge on any atom is -0.382 e. The van der Waals surface area contributed by atoms with Crippen LogP contribution in [0.5, 0.6) is 0 Å². The molecule has 2 aromatic carbocycles. The van der Waals surface area contributed by atoms with Crippen LogP contribution < -0.4 is 10.6 Å². The highest BCUT2D eigenvalue weighted by molar-refractivity contribution is 6.08. The van der Waals surface area contributed by atoms with Gasteiger partial charge in [-0.05, 0) is 37.6 Å². The van der Waals surface area contributed by atoms with Gasteiger partial charge in [0.15, 0.2) is 0 Å². The number of carbonyl (C=O) groups excluding carboxylic acids is 1. The van der Waals surface area contributed by atoms with E-state index in [1.54, 1.807) is 6.07 Å². The molecule has 0 radical (unpaired) electrons. The van der Waals surface area contributed by atoms with Crippen molar-refractivity contribution in [1.29, 1.82) is 0 Å². The predicted molar refractivity (Wildman–Crippen MR) is 84.3 cm³/mol. The molecule has 0 aliphatic heterocycles. The Morgan fingerprint density at radius 3 is 2.52 bits per heavy atom. The Morgan fingerprint density at radius 1 is 1.14 bits per heavy atom. The Hall–Kier alpha value is -2.36. The van der Waals surface area contributed by atoms with Gasteiger partial charge in [-0.2, -0.15) is 0 Å². The van der Waals surface area contributed by atoms with E-state index < -0.39 is 5.82 Å². The fraction of sp³-hybridized carbons (Fsp3) is 0.235. The van der Waals surface area contributed by atoms with Gasteiger partial charge in [-0.15, -0.1) is 0 Å². The van der Waals surface area contributed by atoms with Crippen LogP contribution in [0.4, 0.5) is 15.8 Å². The van der Waals surface area contributed by atoms with Gasteiger partial charge in [0.05, 0.1) is 11.3 Å². The van der Waals surface area contributed by atoms with Gasteiger partial charge < -0.3 is 10.6 Å². The summed E-state index contributed by atoms with van der Waals surface area (Å²) in [6.07, 6.45) is 0.855. The molecule has 0 aliphatic rings. The number of hydrogen-bond donors (Lipinski definition) is 2. The van der Waals surface area contributed by atoms with Crippen LogP contribution in [0.25, 0.3) is 0 Å². The largest absolute Gasteiger partial charge is 0.382 e. The van der Waals surface area contributed by atoms with E-state index in [0.717, 1.165) is 12.0 Å². The number of amides is 1. The number of aryl methyl sites for hydroxylation is 1. The number of anilines is 2. The predicted octanol–water partition coefficient (Wildman–Crippen LogP) is 4.21. The zero-order chi connectivity index (χ0) is 15.2. The van der Waals surface area contributed by atoms with Gasteiger partial charge in [-0.3, -0.25) is 4.79 Å². The summed E-state index contributed by atoms with van der Waals surface area (Å²) in [5.41, 5.74) is 2.37. The Kier molecular flexibility index (Phi) is 4.93. The van der Waals surface area contributed by atoms with Crippen molar-refractivity contribution in [1.82, 2.24) is 0 Å². The van der Waals surface area contributed by atoms with Gasteiger partial charge in [0.2, 0.25) is 0 Å². The van der Waals surface area contributed by atoms with Crippen molar-refractivity contribution < 1.29 is 9.18 Å². The number of rotatable bonds is 5. The molecule has 0 aliphatic carbocycles. The fourth-order valence-electron chi connectivity index (χ4n) is 1.98. The Bertz CT molecular complexity index is 623. The third kappa shape index (κ3) is 3.81. The topological polar surface area (TPSA) is 41.1 Å². The van der Waals surface area contributed by atoms with Crippen molar-refractivity contribution in [3.8, 4) is 0 Å². The van der Waals surface area contributed by atoms with Crippen molar-refractivity contribution in [2.45, 2.75) is 20.3 Å². The maximum atomic E-state index is 13.9. The summed E-state index contributed by atoms with van der Waals surface area (Å²) in [5.74, 6) is -0.739. The van der Waals surface area contributed by atoms with Crippen LogP contribution in [0.3, 0.4) is 0 Å². The number of hydrogen-bond acceptors (Lipinski definition) is 2.